The SMILES string of the molecule is COC[C@@H]1CCCN1/N=C/[C@H](CCNS(=O)(=O)c1ccc(C)cc1)Cc1ccccc1. The Morgan fingerprint density at radius 1 is 1.19 bits per heavy atom. The van der Waals surface area contributed by atoms with Gasteiger partial charge in [0, 0.05) is 32.3 Å². The fourth-order valence-electron chi connectivity index (χ4n) is 3.84. The van der Waals surface area contributed by atoms with Crippen molar-refractivity contribution in [1.82, 2.24) is 9.73 Å². The molecule has 1 aliphatic heterocycles. The van der Waals surface area contributed by atoms with E-state index in [1.165, 1.54) is 5.56 Å². The zero-order chi connectivity index (χ0) is 22.1. The van der Waals surface area contributed by atoms with Gasteiger partial charge in [-0.2, -0.15) is 5.10 Å². The van der Waals surface area contributed by atoms with Crippen LogP contribution in [0.2, 0.25) is 0 Å². The van der Waals surface area contributed by atoms with E-state index in [9.17, 15) is 8.42 Å². The van der Waals surface area contributed by atoms with E-state index in [2.05, 4.69) is 21.9 Å². The fraction of sp³-hybridized carbons (Fsp3) is 0.458. The number of benzene rings is 2. The number of hydrogen-bond acceptors (Lipinski definition) is 5. The maximum absolute atomic E-state index is 12.6. The second-order valence-electron chi connectivity index (χ2n) is 8.13. The molecule has 0 amide bonds. The second-order valence-corrected chi connectivity index (χ2v) is 9.90. The van der Waals surface area contributed by atoms with Crippen molar-refractivity contribution in [2.45, 2.75) is 43.5 Å². The van der Waals surface area contributed by atoms with Crippen molar-refractivity contribution in [3.8, 4) is 0 Å². The first-order chi connectivity index (χ1) is 15.0. The highest BCUT2D eigenvalue weighted by Crippen LogP contribution is 2.19. The Balaban J connectivity index is 1.63. The predicted molar refractivity (Wildman–Crippen MR) is 125 cm³/mol. The average Bonchev–Trinajstić information content (AvgIpc) is 3.20. The molecule has 0 radical (unpaired) electrons. The molecule has 0 spiro atoms. The molecule has 1 heterocycles. The molecule has 2 aromatic carbocycles. The van der Waals surface area contributed by atoms with Gasteiger partial charge in [-0.25, -0.2) is 13.1 Å². The first kappa shape index (κ1) is 23.4. The molecular weight excluding hydrogens is 410 g/mol. The lowest BCUT2D eigenvalue weighted by Gasteiger charge is -2.22. The number of rotatable bonds is 11. The Hall–Kier alpha value is -2.22. The largest absolute Gasteiger partial charge is 0.382 e. The van der Waals surface area contributed by atoms with Crippen LogP contribution in [0.15, 0.2) is 64.6 Å². The molecule has 2 atom stereocenters. The third-order valence-corrected chi connectivity index (χ3v) is 7.09. The molecule has 0 aliphatic carbocycles. The summed E-state index contributed by atoms with van der Waals surface area (Å²) in [5, 5.41) is 6.86. The van der Waals surface area contributed by atoms with Gasteiger partial charge in [-0.15, -0.1) is 0 Å². The number of ether oxygens (including phenoxy) is 1. The minimum atomic E-state index is -3.51. The number of sulfonamides is 1. The van der Waals surface area contributed by atoms with Gasteiger partial charge in [0.05, 0.1) is 17.5 Å². The van der Waals surface area contributed by atoms with Gasteiger partial charge in [0.2, 0.25) is 10.0 Å². The van der Waals surface area contributed by atoms with E-state index in [0.29, 0.717) is 30.5 Å². The van der Waals surface area contributed by atoms with Crippen molar-refractivity contribution in [2.24, 2.45) is 11.0 Å². The van der Waals surface area contributed by atoms with Gasteiger partial charge in [0.15, 0.2) is 0 Å². The van der Waals surface area contributed by atoms with E-state index in [1.54, 1.807) is 19.2 Å². The van der Waals surface area contributed by atoms with Gasteiger partial charge in [-0.05, 0) is 50.3 Å². The predicted octanol–water partition coefficient (Wildman–Crippen LogP) is 3.62. The molecule has 0 saturated carbocycles. The van der Waals surface area contributed by atoms with Gasteiger partial charge >= 0.3 is 0 Å². The van der Waals surface area contributed by atoms with Crippen LogP contribution in [-0.2, 0) is 21.2 Å². The molecule has 7 heteroatoms. The summed E-state index contributed by atoms with van der Waals surface area (Å²) in [6.45, 7) is 3.91. The summed E-state index contributed by atoms with van der Waals surface area (Å²) in [7, 11) is -1.79. The molecule has 31 heavy (non-hydrogen) atoms. The maximum Gasteiger partial charge on any atom is 0.240 e. The Labute approximate surface area is 186 Å². The second kappa shape index (κ2) is 11.4. The Kier molecular flexibility index (Phi) is 8.63. The quantitative estimate of drug-likeness (QED) is 0.539. The maximum atomic E-state index is 12.6. The number of nitrogens with zero attached hydrogens (tertiary/aromatic N) is 2. The molecular formula is C24H33N3O3S. The molecule has 3 rings (SSSR count). The summed E-state index contributed by atoms with van der Waals surface area (Å²) in [6, 6.07) is 17.5. The van der Waals surface area contributed by atoms with Crippen LogP contribution in [0.1, 0.15) is 30.4 Å². The highest BCUT2D eigenvalue weighted by molar-refractivity contribution is 7.89. The topological polar surface area (TPSA) is 71.0 Å². The highest BCUT2D eigenvalue weighted by atomic mass is 32.2. The van der Waals surface area contributed by atoms with Crippen LogP contribution >= 0.6 is 0 Å². The molecule has 0 unspecified atom stereocenters. The van der Waals surface area contributed by atoms with Gasteiger partial charge in [0.1, 0.15) is 0 Å². The van der Waals surface area contributed by atoms with E-state index in [4.69, 9.17) is 9.84 Å². The van der Waals surface area contributed by atoms with Crippen molar-refractivity contribution >= 4 is 16.2 Å². The number of nitrogens with one attached hydrogen (secondary N) is 1. The Bertz CT molecular complexity index is 930. The third-order valence-electron chi connectivity index (χ3n) is 5.61. The van der Waals surface area contributed by atoms with E-state index in [-0.39, 0.29) is 5.92 Å². The van der Waals surface area contributed by atoms with Crippen LogP contribution in [0, 0.1) is 12.8 Å². The molecule has 0 bridgehead atoms. The Morgan fingerprint density at radius 3 is 2.65 bits per heavy atom. The van der Waals surface area contributed by atoms with E-state index >= 15 is 0 Å². The summed E-state index contributed by atoms with van der Waals surface area (Å²) < 4.78 is 33.3. The molecule has 1 aliphatic rings. The fourth-order valence-corrected chi connectivity index (χ4v) is 4.89. The molecule has 168 valence electrons. The van der Waals surface area contributed by atoms with Crippen molar-refractivity contribution in [1.29, 1.82) is 0 Å². The number of methoxy groups -OCH3 is 1. The summed E-state index contributed by atoms with van der Waals surface area (Å²) in [5.41, 5.74) is 2.25. The molecule has 0 aromatic heterocycles. The van der Waals surface area contributed by atoms with Crippen LogP contribution in [0.3, 0.4) is 0 Å². The van der Waals surface area contributed by atoms with E-state index in [1.807, 2.05) is 43.5 Å². The van der Waals surface area contributed by atoms with E-state index in [0.717, 1.165) is 31.4 Å². The minimum absolute atomic E-state index is 0.131. The first-order valence-electron chi connectivity index (χ1n) is 10.9. The van der Waals surface area contributed by atoms with Gasteiger partial charge in [-0.3, -0.25) is 5.01 Å². The molecule has 1 N–H and O–H groups in total. The number of aryl methyl sites for hydroxylation is 1. The van der Waals surface area contributed by atoms with Crippen LogP contribution in [0.25, 0.3) is 0 Å². The molecule has 6 nitrogen and oxygen atoms in total. The third kappa shape index (κ3) is 7.16. The zero-order valence-corrected chi connectivity index (χ0v) is 19.2. The summed E-state index contributed by atoms with van der Waals surface area (Å²) >= 11 is 0. The lowest BCUT2D eigenvalue weighted by molar-refractivity contribution is 0.118. The molecule has 2 aromatic rings. The average molecular weight is 444 g/mol. The van der Waals surface area contributed by atoms with Crippen molar-refractivity contribution in [2.75, 3.05) is 26.8 Å². The summed E-state index contributed by atoms with van der Waals surface area (Å²) in [4.78, 5) is 0.297. The molecule has 1 fully saturated rings. The normalized spacial score (nSPS) is 18.0. The van der Waals surface area contributed by atoms with E-state index < -0.39 is 10.0 Å². The van der Waals surface area contributed by atoms with Gasteiger partial charge in [0.25, 0.3) is 0 Å². The number of hydrazone groups is 1. The monoisotopic (exact) mass is 443 g/mol. The minimum Gasteiger partial charge on any atom is -0.382 e. The van der Waals surface area contributed by atoms with Crippen molar-refractivity contribution in [3.05, 3.63) is 65.7 Å². The first-order valence-corrected chi connectivity index (χ1v) is 12.4. The van der Waals surface area contributed by atoms with Gasteiger partial charge < -0.3 is 4.74 Å². The van der Waals surface area contributed by atoms with Crippen LogP contribution in [-0.4, -0.2) is 52.5 Å². The summed E-state index contributed by atoms with van der Waals surface area (Å²) in [6.07, 6.45) is 5.68. The van der Waals surface area contributed by atoms with Crippen LogP contribution in [0.5, 0.6) is 0 Å². The Morgan fingerprint density at radius 2 is 1.94 bits per heavy atom. The van der Waals surface area contributed by atoms with Crippen molar-refractivity contribution < 1.29 is 13.2 Å². The smallest absolute Gasteiger partial charge is 0.240 e. The van der Waals surface area contributed by atoms with Gasteiger partial charge in [-0.1, -0.05) is 48.0 Å². The lowest BCUT2D eigenvalue weighted by Crippen LogP contribution is -2.30. The molecule has 1 saturated heterocycles. The lowest BCUT2D eigenvalue weighted by atomic mass is 9.97. The summed E-state index contributed by atoms with van der Waals surface area (Å²) in [5.74, 6) is 0.131. The van der Waals surface area contributed by atoms with Crippen LogP contribution in [0.4, 0.5) is 0 Å². The van der Waals surface area contributed by atoms with Crippen molar-refractivity contribution in [3.63, 3.8) is 0 Å². The standard InChI is InChI=1S/C24H33N3O3S/c1-20-10-12-24(13-11-20)31(28,29)26-15-14-22(17-21-7-4-3-5-8-21)18-25-27-16-6-9-23(27)19-30-2/h3-5,7-8,10-13,18,22-23,26H,6,9,14-17,19H2,1-2H3/b25-18+/t22-,23+/m1/s1. The number of hydrogen-bond donors (Lipinski definition) is 1. The van der Waals surface area contributed by atoms with Crippen LogP contribution < -0.4 is 4.72 Å². The zero-order valence-electron chi connectivity index (χ0n) is 18.4. The highest BCUT2D eigenvalue weighted by Gasteiger charge is 2.23.